The zero-order chi connectivity index (χ0) is 23.5. The number of rotatable bonds is 2. The maximum Gasteiger partial charge on any atom is 0.172 e. The number of benzene rings is 3. The van der Waals surface area contributed by atoms with Crippen LogP contribution in [0.15, 0.2) is 48.5 Å². The van der Waals surface area contributed by atoms with Crippen molar-refractivity contribution in [2.75, 3.05) is 12.4 Å². The molecule has 0 saturated carbocycles. The van der Waals surface area contributed by atoms with E-state index in [0.717, 1.165) is 44.6 Å². The van der Waals surface area contributed by atoms with Gasteiger partial charge in [0.2, 0.25) is 0 Å². The van der Waals surface area contributed by atoms with Crippen molar-refractivity contribution in [1.82, 2.24) is 0 Å². The standard InChI is InChI=1S/C28H26ClNO3/c1-15-7-6-8-17(26(15)29)13-22-24-18(25-21(33-22)12-11-20(31)27(25)32-5)9-10-19-23(24)16(2)14-28(3,4)30-19/h6-14,30-31H,1-5H3/b22-13-. The van der Waals surface area contributed by atoms with E-state index in [-0.39, 0.29) is 11.3 Å². The van der Waals surface area contributed by atoms with Gasteiger partial charge in [-0.25, -0.2) is 0 Å². The summed E-state index contributed by atoms with van der Waals surface area (Å²) in [6.07, 6.45) is 4.21. The van der Waals surface area contributed by atoms with Gasteiger partial charge >= 0.3 is 0 Å². The highest BCUT2D eigenvalue weighted by Crippen LogP contribution is 2.54. The molecule has 5 rings (SSSR count). The first-order chi connectivity index (χ1) is 15.7. The topological polar surface area (TPSA) is 50.7 Å². The molecular formula is C28H26ClNO3. The Bertz CT molecular complexity index is 1370. The first-order valence-corrected chi connectivity index (χ1v) is 11.3. The molecule has 2 N–H and O–H groups in total. The molecule has 0 spiro atoms. The second kappa shape index (κ2) is 7.60. The van der Waals surface area contributed by atoms with Gasteiger partial charge in [0, 0.05) is 22.4 Å². The van der Waals surface area contributed by atoms with Crippen molar-refractivity contribution < 1.29 is 14.6 Å². The van der Waals surface area contributed by atoms with Crippen LogP contribution in [0, 0.1) is 6.92 Å². The van der Waals surface area contributed by atoms with Gasteiger partial charge in [0.15, 0.2) is 11.5 Å². The van der Waals surface area contributed by atoms with Crippen LogP contribution < -0.4 is 14.8 Å². The molecule has 3 aromatic carbocycles. The lowest BCUT2D eigenvalue weighted by molar-refractivity contribution is 0.371. The van der Waals surface area contributed by atoms with Gasteiger partial charge in [-0.2, -0.15) is 0 Å². The molecule has 0 aliphatic carbocycles. The number of aryl methyl sites for hydroxylation is 1. The molecule has 0 unspecified atom stereocenters. The lowest BCUT2D eigenvalue weighted by Crippen LogP contribution is -2.32. The van der Waals surface area contributed by atoms with Crippen molar-refractivity contribution in [3.8, 4) is 28.4 Å². The average Bonchev–Trinajstić information content (AvgIpc) is 2.75. The second-order valence-corrected chi connectivity index (χ2v) is 9.54. The Balaban J connectivity index is 1.85. The predicted molar refractivity (Wildman–Crippen MR) is 136 cm³/mol. The Kier molecular flexibility index (Phi) is 4.95. The van der Waals surface area contributed by atoms with E-state index in [1.807, 2.05) is 31.2 Å². The van der Waals surface area contributed by atoms with Crippen LogP contribution in [0.5, 0.6) is 17.2 Å². The third-order valence-electron chi connectivity index (χ3n) is 6.18. The van der Waals surface area contributed by atoms with E-state index in [4.69, 9.17) is 21.1 Å². The van der Waals surface area contributed by atoms with Crippen LogP contribution in [0.3, 0.4) is 0 Å². The van der Waals surface area contributed by atoms with Gasteiger partial charge in [-0.1, -0.05) is 41.9 Å². The molecule has 2 aliphatic heterocycles. The Labute approximate surface area is 199 Å². The van der Waals surface area contributed by atoms with Crippen molar-refractivity contribution in [2.45, 2.75) is 33.2 Å². The number of phenols is 1. The lowest BCUT2D eigenvalue weighted by atomic mass is 9.82. The maximum atomic E-state index is 10.5. The van der Waals surface area contributed by atoms with E-state index in [0.29, 0.717) is 22.3 Å². The predicted octanol–water partition coefficient (Wildman–Crippen LogP) is 7.53. The molecule has 2 aliphatic rings. The zero-order valence-electron chi connectivity index (χ0n) is 19.3. The molecule has 168 valence electrons. The summed E-state index contributed by atoms with van der Waals surface area (Å²) in [5, 5.41) is 14.8. The van der Waals surface area contributed by atoms with Crippen molar-refractivity contribution in [2.24, 2.45) is 0 Å². The van der Waals surface area contributed by atoms with Crippen LogP contribution in [-0.2, 0) is 0 Å². The molecule has 0 bridgehead atoms. The van der Waals surface area contributed by atoms with Crippen LogP contribution in [0.2, 0.25) is 5.02 Å². The first-order valence-electron chi connectivity index (χ1n) is 10.9. The molecule has 0 radical (unpaired) electrons. The van der Waals surface area contributed by atoms with E-state index in [9.17, 15) is 5.11 Å². The van der Waals surface area contributed by atoms with Crippen molar-refractivity contribution in [3.63, 3.8) is 0 Å². The number of aromatic hydroxyl groups is 1. The number of hydrogen-bond acceptors (Lipinski definition) is 4. The van der Waals surface area contributed by atoms with E-state index in [1.165, 1.54) is 0 Å². The van der Waals surface area contributed by atoms with Gasteiger partial charge in [-0.05, 0) is 68.7 Å². The normalized spacial score (nSPS) is 16.7. The zero-order valence-corrected chi connectivity index (χ0v) is 20.1. The number of halogens is 1. The number of ether oxygens (including phenoxy) is 2. The molecule has 0 fully saturated rings. The fraction of sp³-hybridized carbons (Fsp3) is 0.214. The van der Waals surface area contributed by atoms with Gasteiger partial charge in [0.1, 0.15) is 11.5 Å². The van der Waals surface area contributed by atoms with Gasteiger partial charge in [-0.15, -0.1) is 0 Å². The Morgan fingerprint density at radius 3 is 2.58 bits per heavy atom. The molecule has 33 heavy (non-hydrogen) atoms. The highest BCUT2D eigenvalue weighted by molar-refractivity contribution is 6.33. The van der Waals surface area contributed by atoms with Crippen molar-refractivity contribution in [3.05, 3.63) is 75.8 Å². The SMILES string of the molecule is COc1c(O)ccc2c1-c1ccc3c(c1/C(=C/c1cccc(C)c1Cl)O2)C(C)=CC(C)(C)N3. The minimum atomic E-state index is -0.168. The largest absolute Gasteiger partial charge is 0.504 e. The number of methoxy groups -OCH3 is 1. The molecule has 0 saturated heterocycles. The van der Waals surface area contributed by atoms with Crippen LogP contribution in [0.1, 0.15) is 43.0 Å². The first kappa shape index (κ1) is 21.5. The summed E-state index contributed by atoms with van der Waals surface area (Å²) in [5.41, 5.74) is 7.59. The molecule has 0 atom stereocenters. The van der Waals surface area contributed by atoms with Crippen molar-refractivity contribution >= 4 is 34.7 Å². The minimum absolute atomic E-state index is 0.0733. The van der Waals surface area contributed by atoms with Crippen LogP contribution in [-0.4, -0.2) is 17.8 Å². The maximum absolute atomic E-state index is 10.5. The summed E-state index contributed by atoms with van der Waals surface area (Å²) in [7, 11) is 1.56. The number of nitrogens with one attached hydrogen (secondary N) is 1. The summed E-state index contributed by atoms with van der Waals surface area (Å²) in [5.74, 6) is 1.79. The van der Waals surface area contributed by atoms with Gasteiger partial charge < -0.3 is 19.9 Å². The van der Waals surface area contributed by atoms with Crippen LogP contribution in [0.4, 0.5) is 5.69 Å². The number of fused-ring (bicyclic) bond motifs is 5. The molecule has 0 aromatic heterocycles. The molecule has 4 nitrogen and oxygen atoms in total. The minimum Gasteiger partial charge on any atom is -0.504 e. The van der Waals surface area contributed by atoms with E-state index >= 15 is 0 Å². The fourth-order valence-electron chi connectivity index (χ4n) is 4.87. The second-order valence-electron chi connectivity index (χ2n) is 9.16. The number of phenolic OH excluding ortho intramolecular Hbond substituents is 1. The smallest absolute Gasteiger partial charge is 0.172 e. The molecule has 5 heteroatoms. The number of anilines is 1. The van der Waals surface area contributed by atoms with E-state index in [1.54, 1.807) is 19.2 Å². The molecular weight excluding hydrogens is 434 g/mol. The van der Waals surface area contributed by atoms with Crippen LogP contribution >= 0.6 is 11.6 Å². The summed E-state index contributed by atoms with van der Waals surface area (Å²) < 4.78 is 12.1. The van der Waals surface area contributed by atoms with Crippen LogP contribution in [0.25, 0.3) is 28.5 Å². The quantitative estimate of drug-likeness (QED) is 0.416. The Hall–Kier alpha value is -3.37. The highest BCUT2D eigenvalue weighted by atomic mass is 35.5. The molecule has 2 heterocycles. The third kappa shape index (κ3) is 3.46. The average molecular weight is 460 g/mol. The van der Waals surface area contributed by atoms with Crippen molar-refractivity contribution in [1.29, 1.82) is 0 Å². The van der Waals surface area contributed by atoms with Gasteiger partial charge in [0.25, 0.3) is 0 Å². The fourth-order valence-corrected chi connectivity index (χ4v) is 5.05. The number of hydrogen-bond donors (Lipinski definition) is 2. The van der Waals surface area contributed by atoms with Gasteiger partial charge in [0.05, 0.1) is 23.2 Å². The van der Waals surface area contributed by atoms with E-state index < -0.39 is 0 Å². The highest BCUT2D eigenvalue weighted by Gasteiger charge is 2.33. The summed E-state index contributed by atoms with van der Waals surface area (Å²) in [6.45, 7) is 8.40. The summed E-state index contributed by atoms with van der Waals surface area (Å²) in [4.78, 5) is 0. The number of allylic oxidation sites excluding steroid dienone is 1. The molecule has 3 aromatic rings. The monoisotopic (exact) mass is 459 g/mol. The third-order valence-corrected chi connectivity index (χ3v) is 6.70. The summed E-state index contributed by atoms with van der Waals surface area (Å²) >= 11 is 6.64. The lowest BCUT2D eigenvalue weighted by Gasteiger charge is -2.35. The van der Waals surface area contributed by atoms with Gasteiger partial charge in [-0.3, -0.25) is 0 Å². The Morgan fingerprint density at radius 1 is 1.03 bits per heavy atom. The Morgan fingerprint density at radius 2 is 1.82 bits per heavy atom. The summed E-state index contributed by atoms with van der Waals surface area (Å²) in [6, 6.07) is 13.5. The molecule has 0 amide bonds. The van der Waals surface area contributed by atoms with E-state index in [2.05, 4.69) is 44.3 Å².